The Bertz CT molecular complexity index is 1010. The Morgan fingerprint density at radius 1 is 0.867 bits per heavy atom. The minimum atomic E-state index is -0.666. The van der Waals surface area contributed by atoms with Gasteiger partial charge in [0.25, 0.3) is 23.2 Å². The first kappa shape index (κ1) is 19.9. The number of morpholine rings is 1. The molecule has 1 fully saturated rings. The topological polar surface area (TPSA) is 136 Å². The summed E-state index contributed by atoms with van der Waals surface area (Å²) < 4.78 is 5.29. The number of benzene rings is 2. The van der Waals surface area contributed by atoms with E-state index in [2.05, 4.69) is 4.90 Å². The lowest BCUT2D eigenvalue weighted by molar-refractivity contribution is -0.385. The van der Waals surface area contributed by atoms with Crippen LogP contribution in [0.4, 0.5) is 11.4 Å². The van der Waals surface area contributed by atoms with Crippen molar-refractivity contribution < 1.29 is 24.2 Å². The Labute approximate surface area is 170 Å². The number of carbonyl (C=O) groups excluding carboxylic acids is 2. The third-order valence-corrected chi connectivity index (χ3v) is 5.35. The van der Waals surface area contributed by atoms with E-state index in [9.17, 15) is 29.8 Å². The quantitative estimate of drug-likeness (QED) is 0.397. The lowest BCUT2D eigenvalue weighted by atomic mass is 9.92. The van der Waals surface area contributed by atoms with Crippen molar-refractivity contribution in [1.82, 2.24) is 9.80 Å². The van der Waals surface area contributed by atoms with Gasteiger partial charge in [0.05, 0.1) is 34.2 Å². The highest BCUT2D eigenvalue weighted by Gasteiger charge is 2.35. The summed E-state index contributed by atoms with van der Waals surface area (Å²) >= 11 is 0. The monoisotopic (exact) mass is 414 g/mol. The van der Waals surface area contributed by atoms with Crippen LogP contribution in [-0.4, -0.2) is 70.9 Å². The summed E-state index contributed by atoms with van der Waals surface area (Å²) in [5, 5.41) is 22.9. The molecule has 2 aliphatic rings. The van der Waals surface area contributed by atoms with Crippen LogP contribution in [0, 0.1) is 20.2 Å². The van der Waals surface area contributed by atoms with E-state index in [0.717, 1.165) is 42.3 Å². The van der Waals surface area contributed by atoms with Crippen LogP contribution in [0.3, 0.4) is 0 Å². The molecule has 0 bridgehead atoms. The number of nitro benzene ring substituents is 2. The van der Waals surface area contributed by atoms with Gasteiger partial charge < -0.3 is 4.74 Å². The lowest BCUT2D eigenvalue weighted by Gasteiger charge is -2.29. The fraction of sp³-hybridized carbons (Fsp3) is 0.368. The van der Waals surface area contributed by atoms with Crippen molar-refractivity contribution in [2.75, 3.05) is 39.4 Å². The first-order valence-corrected chi connectivity index (χ1v) is 9.43. The van der Waals surface area contributed by atoms with Crippen LogP contribution >= 0.6 is 0 Å². The van der Waals surface area contributed by atoms with Gasteiger partial charge >= 0.3 is 0 Å². The Kier molecular flexibility index (Phi) is 5.14. The van der Waals surface area contributed by atoms with Crippen molar-refractivity contribution in [3.05, 3.63) is 55.6 Å². The van der Waals surface area contributed by atoms with Gasteiger partial charge in [0.1, 0.15) is 0 Å². The van der Waals surface area contributed by atoms with Gasteiger partial charge in [0.2, 0.25) is 0 Å². The second-order valence-corrected chi connectivity index (χ2v) is 7.17. The maximum Gasteiger partial charge on any atom is 0.270 e. The number of ether oxygens (including phenoxy) is 1. The minimum Gasteiger partial charge on any atom is -0.379 e. The van der Waals surface area contributed by atoms with Crippen LogP contribution in [0.15, 0.2) is 24.3 Å². The molecule has 11 heteroatoms. The van der Waals surface area contributed by atoms with Crippen molar-refractivity contribution in [3.63, 3.8) is 0 Å². The van der Waals surface area contributed by atoms with Crippen LogP contribution in [0.25, 0.3) is 10.8 Å². The highest BCUT2D eigenvalue weighted by Crippen LogP contribution is 2.36. The molecule has 0 atom stereocenters. The Balaban J connectivity index is 1.70. The van der Waals surface area contributed by atoms with Gasteiger partial charge in [0, 0.05) is 55.8 Å². The number of rotatable bonds is 6. The van der Waals surface area contributed by atoms with Gasteiger partial charge in [-0.3, -0.25) is 39.6 Å². The van der Waals surface area contributed by atoms with E-state index in [1.54, 1.807) is 0 Å². The number of nitro groups is 2. The Morgan fingerprint density at radius 2 is 1.40 bits per heavy atom. The maximum absolute atomic E-state index is 13.0. The van der Waals surface area contributed by atoms with Crippen LogP contribution in [0.1, 0.15) is 27.1 Å². The number of imide groups is 1. The van der Waals surface area contributed by atoms with Gasteiger partial charge in [-0.2, -0.15) is 0 Å². The van der Waals surface area contributed by atoms with Crippen molar-refractivity contribution in [3.8, 4) is 0 Å². The molecule has 0 spiro atoms. The van der Waals surface area contributed by atoms with Gasteiger partial charge in [0.15, 0.2) is 0 Å². The van der Waals surface area contributed by atoms with E-state index < -0.39 is 21.7 Å². The van der Waals surface area contributed by atoms with Crippen LogP contribution < -0.4 is 0 Å². The molecule has 156 valence electrons. The largest absolute Gasteiger partial charge is 0.379 e. The van der Waals surface area contributed by atoms with Gasteiger partial charge in [-0.1, -0.05) is 0 Å². The van der Waals surface area contributed by atoms with Gasteiger partial charge in [-0.15, -0.1) is 0 Å². The molecule has 0 unspecified atom stereocenters. The second-order valence-electron chi connectivity index (χ2n) is 7.17. The van der Waals surface area contributed by atoms with Gasteiger partial charge in [-0.05, 0) is 11.8 Å². The zero-order chi connectivity index (χ0) is 21.4. The summed E-state index contributed by atoms with van der Waals surface area (Å²) in [5.41, 5.74) is -0.704. The Hall–Kier alpha value is -3.44. The molecule has 2 aliphatic heterocycles. The normalized spacial score (nSPS) is 16.9. The van der Waals surface area contributed by atoms with Crippen LogP contribution in [0.2, 0.25) is 0 Å². The highest BCUT2D eigenvalue weighted by molar-refractivity contribution is 6.26. The average molecular weight is 414 g/mol. The van der Waals surface area contributed by atoms with E-state index >= 15 is 0 Å². The molecular formula is C19H18N4O7. The molecule has 0 N–H and O–H groups in total. The summed E-state index contributed by atoms with van der Waals surface area (Å²) in [4.78, 5) is 50.5. The molecular weight excluding hydrogens is 396 g/mol. The summed E-state index contributed by atoms with van der Waals surface area (Å²) in [7, 11) is 0. The Morgan fingerprint density at radius 3 is 1.90 bits per heavy atom. The highest BCUT2D eigenvalue weighted by atomic mass is 16.6. The van der Waals surface area contributed by atoms with E-state index in [1.165, 1.54) is 0 Å². The molecule has 30 heavy (non-hydrogen) atoms. The zero-order valence-electron chi connectivity index (χ0n) is 15.9. The number of hydrogen-bond donors (Lipinski definition) is 0. The lowest BCUT2D eigenvalue weighted by Crippen LogP contribution is -2.43. The summed E-state index contributed by atoms with van der Waals surface area (Å²) in [5.74, 6) is -1.26. The molecule has 0 saturated carbocycles. The SMILES string of the molecule is O=C1c2cc([N+](=O)[O-])cc3cc([N+](=O)[O-])cc(c23)C(=O)N1CCCN1CCOCC1. The van der Waals surface area contributed by atoms with Crippen molar-refractivity contribution in [2.24, 2.45) is 0 Å². The number of hydrogen-bond acceptors (Lipinski definition) is 8. The van der Waals surface area contributed by atoms with Crippen LogP contribution in [0.5, 0.6) is 0 Å². The van der Waals surface area contributed by atoms with Crippen molar-refractivity contribution >= 4 is 34.0 Å². The summed E-state index contributed by atoms with van der Waals surface area (Å²) in [6.45, 7) is 3.56. The zero-order valence-corrected chi connectivity index (χ0v) is 15.9. The molecule has 11 nitrogen and oxygen atoms in total. The van der Waals surface area contributed by atoms with E-state index in [0.29, 0.717) is 26.2 Å². The molecule has 2 amide bonds. The standard InChI is InChI=1S/C19H18N4O7/c24-18-15-10-13(22(26)27)8-12-9-14(23(28)29)11-16(17(12)15)19(25)21(18)3-1-2-20-4-6-30-7-5-20/h8-11H,1-7H2. The van der Waals surface area contributed by atoms with Crippen LogP contribution in [-0.2, 0) is 4.74 Å². The molecule has 2 aromatic rings. The van der Waals surface area contributed by atoms with Crippen molar-refractivity contribution in [1.29, 1.82) is 0 Å². The molecule has 2 aromatic carbocycles. The van der Waals surface area contributed by atoms with Crippen molar-refractivity contribution in [2.45, 2.75) is 6.42 Å². The number of amides is 2. The number of carbonyl (C=O) groups is 2. The first-order chi connectivity index (χ1) is 14.4. The molecule has 0 aliphatic carbocycles. The van der Waals surface area contributed by atoms with E-state index in [-0.39, 0.29) is 39.8 Å². The second kappa shape index (κ2) is 7.76. The summed E-state index contributed by atoms with van der Waals surface area (Å²) in [6.07, 6.45) is 0.514. The summed E-state index contributed by atoms with van der Waals surface area (Å²) in [6, 6.07) is 4.54. The molecule has 4 rings (SSSR count). The number of nitrogens with zero attached hydrogens (tertiary/aromatic N) is 4. The third-order valence-electron chi connectivity index (χ3n) is 5.35. The first-order valence-electron chi connectivity index (χ1n) is 9.43. The molecule has 0 aromatic heterocycles. The number of non-ortho nitro benzene ring substituents is 2. The minimum absolute atomic E-state index is 0.00932. The fourth-order valence-electron chi connectivity index (χ4n) is 3.90. The fourth-order valence-corrected chi connectivity index (χ4v) is 3.90. The van der Waals surface area contributed by atoms with E-state index in [1.807, 2.05) is 0 Å². The van der Waals surface area contributed by atoms with Gasteiger partial charge in [-0.25, -0.2) is 0 Å². The predicted molar refractivity (Wildman–Crippen MR) is 104 cm³/mol. The molecule has 0 radical (unpaired) electrons. The third kappa shape index (κ3) is 3.48. The average Bonchev–Trinajstić information content (AvgIpc) is 2.74. The molecule has 1 saturated heterocycles. The molecule has 2 heterocycles. The van der Waals surface area contributed by atoms with E-state index in [4.69, 9.17) is 4.74 Å². The smallest absolute Gasteiger partial charge is 0.270 e. The maximum atomic E-state index is 13.0. The predicted octanol–water partition coefficient (Wildman–Crippen LogP) is 1.97.